The van der Waals surface area contributed by atoms with Crippen LogP contribution in [0, 0.1) is 6.92 Å². The fourth-order valence-corrected chi connectivity index (χ4v) is 3.16. The van der Waals surface area contributed by atoms with Gasteiger partial charge in [0.25, 0.3) is 11.8 Å². The highest BCUT2D eigenvalue weighted by molar-refractivity contribution is 6.21. The minimum Gasteiger partial charge on any atom is -0.356 e. The van der Waals surface area contributed by atoms with Crippen molar-refractivity contribution in [2.45, 2.75) is 26.3 Å². The number of hydrogen-bond acceptors (Lipinski definition) is 3. The fraction of sp³-hybridized carbons (Fsp3) is 0.318. The van der Waals surface area contributed by atoms with Gasteiger partial charge >= 0.3 is 0 Å². The summed E-state index contributed by atoms with van der Waals surface area (Å²) in [6.45, 7) is 3.93. The number of carbonyl (C=O) groups is 2. The number of guanidine groups is 1. The Hall–Kier alpha value is -3.15. The van der Waals surface area contributed by atoms with Crippen molar-refractivity contribution in [3.63, 3.8) is 0 Å². The molecule has 0 aromatic heterocycles. The number of imide groups is 1. The van der Waals surface area contributed by atoms with Crippen LogP contribution < -0.4 is 10.6 Å². The Balaban J connectivity index is 1.38. The summed E-state index contributed by atoms with van der Waals surface area (Å²) in [5.74, 6) is 0.356. The van der Waals surface area contributed by atoms with E-state index in [9.17, 15) is 9.59 Å². The lowest BCUT2D eigenvalue weighted by molar-refractivity contribution is 0.0652. The fourth-order valence-electron chi connectivity index (χ4n) is 3.16. The van der Waals surface area contributed by atoms with Crippen molar-refractivity contribution >= 4 is 17.8 Å². The Bertz CT molecular complexity index is 839. The van der Waals surface area contributed by atoms with Crippen molar-refractivity contribution in [2.24, 2.45) is 4.99 Å². The molecule has 28 heavy (non-hydrogen) atoms. The zero-order chi connectivity index (χ0) is 19.9. The summed E-state index contributed by atoms with van der Waals surface area (Å²) in [5.41, 5.74) is 3.45. The van der Waals surface area contributed by atoms with Gasteiger partial charge in [-0.1, -0.05) is 42.0 Å². The van der Waals surface area contributed by atoms with Gasteiger partial charge in [-0.15, -0.1) is 0 Å². The van der Waals surface area contributed by atoms with Crippen LogP contribution in [-0.2, 0) is 6.54 Å². The number of nitrogens with one attached hydrogen (secondary N) is 2. The van der Waals surface area contributed by atoms with Crippen LogP contribution in [0.1, 0.15) is 44.7 Å². The number of fused-ring (bicyclic) bond motifs is 1. The Kier molecular flexibility index (Phi) is 6.42. The Morgan fingerprint density at radius 2 is 1.57 bits per heavy atom. The number of aliphatic imine (C=N–C) groups is 1. The number of rotatable bonds is 7. The molecule has 1 aliphatic rings. The second-order valence-corrected chi connectivity index (χ2v) is 6.85. The first kappa shape index (κ1) is 19.6. The van der Waals surface area contributed by atoms with Gasteiger partial charge in [0.05, 0.1) is 11.1 Å². The Morgan fingerprint density at radius 1 is 0.929 bits per heavy atom. The average Bonchev–Trinajstić information content (AvgIpc) is 2.96. The number of aryl methyl sites for hydroxylation is 1. The van der Waals surface area contributed by atoms with Gasteiger partial charge in [0.1, 0.15) is 0 Å². The first-order chi connectivity index (χ1) is 13.6. The molecule has 6 nitrogen and oxygen atoms in total. The number of amides is 2. The molecule has 6 heteroatoms. The van der Waals surface area contributed by atoms with E-state index in [1.54, 1.807) is 31.3 Å². The number of unbranched alkanes of at least 4 members (excludes halogenated alkanes) is 1. The summed E-state index contributed by atoms with van der Waals surface area (Å²) in [5, 5.41) is 6.55. The lowest BCUT2D eigenvalue weighted by Crippen LogP contribution is -2.37. The third kappa shape index (κ3) is 4.57. The summed E-state index contributed by atoms with van der Waals surface area (Å²) in [6.07, 6.45) is 1.58. The highest BCUT2D eigenvalue weighted by Crippen LogP contribution is 2.22. The largest absolute Gasteiger partial charge is 0.356 e. The molecule has 0 unspecified atom stereocenters. The van der Waals surface area contributed by atoms with Crippen LogP contribution in [0.4, 0.5) is 0 Å². The first-order valence-electron chi connectivity index (χ1n) is 9.55. The van der Waals surface area contributed by atoms with Gasteiger partial charge in [0, 0.05) is 26.7 Å². The molecule has 2 amide bonds. The third-order valence-corrected chi connectivity index (χ3v) is 4.78. The SMILES string of the molecule is CN=C(NCCCCN1C(=O)c2ccccc2C1=O)NCc1ccc(C)cc1. The van der Waals surface area contributed by atoms with E-state index >= 15 is 0 Å². The molecule has 0 aliphatic carbocycles. The monoisotopic (exact) mass is 378 g/mol. The van der Waals surface area contributed by atoms with E-state index in [-0.39, 0.29) is 11.8 Å². The maximum atomic E-state index is 12.3. The number of carbonyl (C=O) groups excluding carboxylic acids is 2. The molecular weight excluding hydrogens is 352 g/mol. The van der Waals surface area contributed by atoms with E-state index in [2.05, 4.69) is 46.8 Å². The van der Waals surface area contributed by atoms with Crippen LogP contribution in [-0.4, -0.2) is 42.8 Å². The van der Waals surface area contributed by atoms with Crippen molar-refractivity contribution in [3.05, 3.63) is 70.8 Å². The zero-order valence-electron chi connectivity index (χ0n) is 16.4. The first-order valence-corrected chi connectivity index (χ1v) is 9.55. The van der Waals surface area contributed by atoms with E-state index in [1.165, 1.54) is 16.0 Å². The molecule has 2 N–H and O–H groups in total. The topological polar surface area (TPSA) is 73.8 Å². The van der Waals surface area contributed by atoms with Crippen molar-refractivity contribution in [2.75, 3.05) is 20.1 Å². The third-order valence-electron chi connectivity index (χ3n) is 4.78. The predicted octanol–water partition coefficient (Wildman–Crippen LogP) is 2.74. The predicted molar refractivity (Wildman–Crippen MR) is 110 cm³/mol. The maximum absolute atomic E-state index is 12.3. The van der Waals surface area contributed by atoms with E-state index in [0.717, 1.165) is 25.3 Å². The molecule has 3 rings (SSSR count). The van der Waals surface area contributed by atoms with Gasteiger partial charge in [-0.25, -0.2) is 0 Å². The molecule has 0 saturated carbocycles. The van der Waals surface area contributed by atoms with Gasteiger partial charge in [0.2, 0.25) is 0 Å². The minimum atomic E-state index is -0.191. The molecular formula is C22H26N4O2. The summed E-state index contributed by atoms with van der Waals surface area (Å²) >= 11 is 0. The molecule has 2 aromatic carbocycles. The zero-order valence-corrected chi connectivity index (χ0v) is 16.4. The molecule has 0 fully saturated rings. The van der Waals surface area contributed by atoms with Crippen LogP contribution in [0.5, 0.6) is 0 Å². The van der Waals surface area contributed by atoms with E-state index < -0.39 is 0 Å². The van der Waals surface area contributed by atoms with E-state index in [0.29, 0.717) is 24.2 Å². The van der Waals surface area contributed by atoms with Crippen LogP contribution in [0.15, 0.2) is 53.5 Å². The minimum absolute atomic E-state index is 0.191. The van der Waals surface area contributed by atoms with Gasteiger partial charge in [-0.2, -0.15) is 0 Å². The average molecular weight is 378 g/mol. The summed E-state index contributed by atoms with van der Waals surface area (Å²) in [4.78, 5) is 30.2. The maximum Gasteiger partial charge on any atom is 0.261 e. The lowest BCUT2D eigenvalue weighted by Gasteiger charge is -2.15. The van der Waals surface area contributed by atoms with Crippen LogP contribution >= 0.6 is 0 Å². The number of nitrogens with zero attached hydrogens (tertiary/aromatic N) is 2. The summed E-state index contributed by atoms with van der Waals surface area (Å²) in [6, 6.07) is 15.4. The Labute approximate surface area is 165 Å². The van der Waals surface area contributed by atoms with Crippen molar-refractivity contribution in [3.8, 4) is 0 Å². The summed E-state index contributed by atoms with van der Waals surface area (Å²) < 4.78 is 0. The highest BCUT2D eigenvalue weighted by Gasteiger charge is 2.34. The van der Waals surface area contributed by atoms with Gasteiger partial charge < -0.3 is 10.6 Å². The number of benzene rings is 2. The molecule has 0 spiro atoms. The molecule has 2 aromatic rings. The molecule has 0 saturated heterocycles. The quantitative estimate of drug-likeness (QED) is 0.336. The van der Waals surface area contributed by atoms with Gasteiger partial charge in [0.15, 0.2) is 5.96 Å². The van der Waals surface area contributed by atoms with E-state index in [1.807, 2.05) is 0 Å². The smallest absolute Gasteiger partial charge is 0.261 e. The highest BCUT2D eigenvalue weighted by atomic mass is 16.2. The van der Waals surface area contributed by atoms with Crippen LogP contribution in [0.3, 0.4) is 0 Å². The van der Waals surface area contributed by atoms with Crippen LogP contribution in [0.25, 0.3) is 0 Å². The van der Waals surface area contributed by atoms with Gasteiger partial charge in [-0.05, 0) is 37.5 Å². The molecule has 0 bridgehead atoms. The van der Waals surface area contributed by atoms with Gasteiger partial charge in [-0.3, -0.25) is 19.5 Å². The summed E-state index contributed by atoms with van der Waals surface area (Å²) in [7, 11) is 1.74. The second-order valence-electron chi connectivity index (χ2n) is 6.85. The van der Waals surface area contributed by atoms with Crippen molar-refractivity contribution < 1.29 is 9.59 Å². The molecule has 0 radical (unpaired) electrons. The molecule has 1 aliphatic heterocycles. The van der Waals surface area contributed by atoms with Crippen molar-refractivity contribution in [1.82, 2.24) is 15.5 Å². The number of hydrogen-bond donors (Lipinski definition) is 2. The Morgan fingerprint density at radius 3 is 2.18 bits per heavy atom. The molecule has 146 valence electrons. The van der Waals surface area contributed by atoms with Crippen molar-refractivity contribution in [1.29, 1.82) is 0 Å². The normalized spacial score (nSPS) is 13.6. The standard InChI is InChI=1S/C22H26N4O2/c1-16-9-11-17(12-10-16)15-25-22(23-2)24-13-5-6-14-26-20(27)18-7-3-4-8-19(18)21(26)28/h3-4,7-12H,5-6,13-15H2,1-2H3,(H2,23,24,25). The van der Waals surface area contributed by atoms with E-state index in [4.69, 9.17) is 0 Å². The molecule has 1 heterocycles. The second kappa shape index (κ2) is 9.17. The van der Waals surface area contributed by atoms with Crippen LogP contribution in [0.2, 0.25) is 0 Å². The molecule has 0 atom stereocenters. The lowest BCUT2D eigenvalue weighted by atomic mass is 10.1.